The summed E-state index contributed by atoms with van der Waals surface area (Å²) in [5.74, 6) is 0.490. The summed E-state index contributed by atoms with van der Waals surface area (Å²) >= 11 is 0. The number of amides is 1. The molecule has 5 nitrogen and oxygen atoms in total. The lowest BCUT2D eigenvalue weighted by Crippen LogP contribution is -2.41. The predicted molar refractivity (Wildman–Crippen MR) is 62.2 cm³/mol. The van der Waals surface area contributed by atoms with E-state index in [1.807, 2.05) is 4.90 Å². The van der Waals surface area contributed by atoms with Gasteiger partial charge in [-0.15, -0.1) is 0 Å². The van der Waals surface area contributed by atoms with Gasteiger partial charge in [0, 0.05) is 31.4 Å². The lowest BCUT2D eigenvalue weighted by Gasteiger charge is -2.30. The van der Waals surface area contributed by atoms with Gasteiger partial charge >= 0.3 is 0 Å². The molecule has 1 aromatic rings. The van der Waals surface area contributed by atoms with E-state index in [9.17, 15) is 9.59 Å². The molecule has 0 N–H and O–H groups in total. The van der Waals surface area contributed by atoms with Gasteiger partial charge in [-0.1, -0.05) is 0 Å². The predicted octanol–water partition coefficient (Wildman–Crippen LogP) is 0.711. The maximum atomic E-state index is 11.9. The second-order valence-electron chi connectivity index (χ2n) is 4.50. The zero-order valence-electron chi connectivity index (χ0n) is 10.0. The number of aromatic nitrogens is 2. The van der Waals surface area contributed by atoms with Crippen LogP contribution in [0.25, 0.3) is 0 Å². The molecule has 0 atom stereocenters. The average Bonchev–Trinajstić information content (AvgIpc) is 2.82. The van der Waals surface area contributed by atoms with Crippen LogP contribution in [0.15, 0.2) is 18.7 Å². The number of hydrogen-bond donors (Lipinski definition) is 0. The molecule has 5 heteroatoms. The van der Waals surface area contributed by atoms with E-state index >= 15 is 0 Å². The third-order valence-electron chi connectivity index (χ3n) is 3.30. The van der Waals surface area contributed by atoms with Gasteiger partial charge in [-0.3, -0.25) is 9.59 Å². The average molecular weight is 235 g/mol. The van der Waals surface area contributed by atoms with Crippen LogP contribution in [0.2, 0.25) is 0 Å². The summed E-state index contributed by atoms with van der Waals surface area (Å²) in [5.41, 5.74) is 0. The van der Waals surface area contributed by atoms with E-state index in [2.05, 4.69) is 4.98 Å². The van der Waals surface area contributed by atoms with Crippen LogP contribution < -0.4 is 0 Å². The van der Waals surface area contributed by atoms with Crippen LogP contribution in [0.5, 0.6) is 0 Å². The number of ketones is 1. The summed E-state index contributed by atoms with van der Waals surface area (Å²) in [5, 5.41) is 0. The molecule has 0 spiro atoms. The Hall–Kier alpha value is -1.65. The number of hydrogen-bond acceptors (Lipinski definition) is 3. The lowest BCUT2D eigenvalue weighted by atomic mass is 9.93. The highest BCUT2D eigenvalue weighted by Crippen LogP contribution is 2.18. The zero-order valence-corrected chi connectivity index (χ0v) is 10.0. The maximum Gasteiger partial charge on any atom is 0.242 e. The number of likely N-dealkylation sites (tertiary alicyclic amines) is 1. The highest BCUT2D eigenvalue weighted by molar-refractivity contribution is 5.79. The van der Waals surface area contributed by atoms with Crippen LogP contribution in [-0.4, -0.2) is 39.2 Å². The quantitative estimate of drug-likeness (QED) is 0.775. The van der Waals surface area contributed by atoms with Gasteiger partial charge in [0.15, 0.2) is 0 Å². The summed E-state index contributed by atoms with van der Waals surface area (Å²) in [6.45, 7) is 3.36. The summed E-state index contributed by atoms with van der Waals surface area (Å²) in [4.78, 5) is 28.9. The summed E-state index contributed by atoms with van der Waals surface area (Å²) in [6.07, 6.45) is 6.67. The summed E-state index contributed by atoms with van der Waals surface area (Å²) in [7, 11) is 0. The Morgan fingerprint density at radius 1 is 1.35 bits per heavy atom. The van der Waals surface area contributed by atoms with Crippen molar-refractivity contribution in [2.45, 2.75) is 26.3 Å². The molecule has 2 rings (SSSR count). The van der Waals surface area contributed by atoms with Crippen LogP contribution >= 0.6 is 0 Å². The van der Waals surface area contributed by atoms with Gasteiger partial charge in [0.2, 0.25) is 5.91 Å². The minimum absolute atomic E-state index is 0.102. The highest BCUT2D eigenvalue weighted by Gasteiger charge is 2.24. The molecular formula is C12H17N3O2. The van der Waals surface area contributed by atoms with Crippen molar-refractivity contribution in [3.05, 3.63) is 18.7 Å². The Kier molecular flexibility index (Phi) is 3.56. The Bertz CT molecular complexity index is 392. The summed E-state index contributed by atoms with van der Waals surface area (Å²) in [6, 6.07) is 0. The molecule has 17 heavy (non-hydrogen) atoms. The number of carbonyl (C=O) groups is 2. The third-order valence-corrected chi connectivity index (χ3v) is 3.30. The van der Waals surface area contributed by atoms with E-state index in [1.54, 1.807) is 30.2 Å². The molecule has 2 heterocycles. The SMILES string of the molecule is CC(=O)C1CCN(C(=O)Cn2ccnc2)CC1. The molecule has 0 saturated carbocycles. The van der Waals surface area contributed by atoms with Crippen molar-refractivity contribution in [1.82, 2.24) is 14.5 Å². The smallest absolute Gasteiger partial charge is 0.242 e. The minimum atomic E-state index is 0.102. The number of carbonyl (C=O) groups excluding carboxylic acids is 2. The second kappa shape index (κ2) is 5.12. The number of Topliss-reactive ketones (excluding diaryl/α,β-unsaturated/α-hetero) is 1. The van der Waals surface area contributed by atoms with Gasteiger partial charge < -0.3 is 9.47 Å². The first kappa shape index (κ1) is 11.8. The minimum Gasteiger partial charge on any atom is -0.341 e. The van der Waals surface area contributed by atoms with Gasteiger partial charge in [-0.05, 0) is 19.8 Å². The van der Waals surface area contributed by atoms with Crippen molar-refractivity contribution in [1.29, 1.82) is 0 Å². The van der Waals surface area contributed by atoms with Crippen molar-refractivity contribution in [2.24, 2.45) is 5.92 Å². The third kappa shape index (κ3) is 2.93. The lowest BCUT2D eigenvalue weighted by molar-refractivity contribution is -0.135. The van der Waals surface area contributed by atoms with Crippen LogP contribution in [0, 0.1) is 5.92 Å². The Balaban J connectivity index is 1.84. The molecule has 92 valence electrons. The summed E-state index contributed by atoms with van der Waals surface area (Å²) < 4.78 is 1.76. The van der Waals surface area contributed by atoms with E-state index < -0.39 is 0 Å². The monoisotopic (exact) mass is 235 g/mol. The van der Waals surface area contributed by atoms with Crippen LogP contribution in [0.1, 0.15) is 19.8 Å². The Morgan fingerprint density at radius 2 is 2.06 bits per heavy atom. The van der Waals surface area contributed by atoms with E-state index in [-0.39, 0.29) is 17.6 Å². The molecular weight excluding hydrogens is 218 g/mol. The number of piperidine rings is 1. The first-order valence-corrected chi connectivity index (χ1v) is 5.91. The van der Waals surface area contributed by atoms with Crippen molar-refractivity contribution >= 4 is 11.7 Å². The molecule has 1 aliphatic heterocycles. The molecule has 1 amide bonds. The van der Waals surface area contributed by atoms with E-state index in [0.29, 0.717) is 19.6 Å². The first-order valence-electron chi connectivity index (χ1n) is 5.91. The van der Waals surface area contributed by atoms with E-state index in [1.165, 1.54) is 0 Å². The van der Waals surface area contributed by atoms with Crippen LogP contribution in [0.4, 0.5) is 0 Å². The van der Waals surface area contributed by atoms with Gasteiger partial charge in [0.25, 0.3) is 0 Å². The Labute approximate surface area is 100 Å². The molecule has 0 radical (unpaired) electrons. The first-order chi connectivity index (χ1) is 8.16. The fourth-order valence-electron chi connectivity index (χ4n) is 2.17. The number of nitrogens with zero attached hydrogens (tertiary/aromatic N) is 3. The maximum absolute atomic E-state index is 11.9. The largest absolute Gasteiger partial charge is 0.341 e. The van der Waals surface area contributed by atoms with Crippen LogP contribution in [0.3, 0.4) is 0 Å². The molecule has 0 aliphatic carbocycles. The molecule has 1 aromatic heterocycles. The van der Waals surface area contributed by atoms with Crippen molar-refractivity contribution < 1.29 is 9.59 Å². The van der Waals surface area contributed by atoms with Gasteiger partial charge in [0.1, 0.15) is 12.3 Å². The molecule has 1 saturated heterocycles. The second-order valence-corrected chi connectivity index (χ2v) is 4.50. The Morgan fingerprint density at radius 3 is 2.59 bits per heavy atom. The van der Waals surface area contributed by atoms with E-state index in [4.69, 9.17) is 0 Å². The molecule has 0 bridgehead atoms. The fraction of sp³-hybridized carbons (Fsp3) is 0.583. The normalized spacial score (nSPS) is 17.1. The molecule has 1 aliphatic rings. The molecule has 1 fully saturated rings. The zero-order chi connectivity index (χ0) is 12.3. The van der Waals surface area contributed by atoms with Crippen molar-refractivity contribution in [3.8, 4) is 0 Å². The highest BCUT2D eigenvalue weighted by atomic mass is 16.2. The van der Waals surface area contributed by atoms with Gasteiger partial charge in [-0.25, -0.2) is 4.98 Å². The fourth-order valence-corrected chi connectivity index (χ4v) is 2.17. The molecule has 0 aromatic carbocycles. The van der Waals surface area contributed by atoms with E-state index in [0.717, 1.165) is 12.8 Å². The van der Waals surface area contributed by atoms with Crippen LogP contribution in [-0.2, 0) is 16.1 Å². The molecule has 0 unspecified atom stereocenters. The van der Waals surface area contributed by atoms with Gasteiger partial charge in [0.05, 0.1) is 6.33 Å². The van der Waals surface area contributed by atoms with Gasteiger partial charge in [-0.2, -0.15) is 0 Å². The van der Waals surface area contributed by atoms with Crippen molar-refractivity contribution in [3.63, 3.8) is 0 Å². The number of rotatable bonds is 3. The topological polar surface area (TPSA) is 55.2 Å². The van der Waals surface area contributed by atoms with Crippen molar-refractivity contribution in [2.75, 3.05) is 13.1 Å². The number of imidazole rings is 1. The standard InChI is InChI=1S/C12H17N3O2/c1-10(16)11-2-5-15(6-3-11)12(17)8-14-7-4-13-9-14/h4,7,9,11H,2-3,5-6,8H2,1H3.